The molecular weight excluding hydrogens is 182 g/mol. The van der Waals surface area contributed by atoms with Crippen molar-refractivity contribution < 1.29 is 9.53 Å². The fraction of sp³-hybridized carbons (Fsp3) is 0.556. The zero-order chi connectivity index (χ0) is 10.3. The highest BCUT2D eigenvalue weighted by Gasteiger charge is 2.45. The van der Waals surface area contributed by atoms with Gasteiger partial charge in [-0.2, -0.15) is 5.10 Å². The van der Waals surface area contributed by atoms with Gasteiger partial charge in [-0.25, -0.2) is 4.79 Å². The minimum Gasteiger partial charge on any atom is -0.467 e. The van der Waals surface area contributed by atoms with Gasteiger partial charge in [0.25, 0.3) is 0 Å². The molecule has 3 N–H and O–H groups in total. The van der Waals surface area contributed by atoms with E-state index in [-0.39, 0.29) is 5.97 Å². The summed E-state index contributed by atoms with van der Waals surface area (Å²) in [5, 5.41) is 6.93. The highest BCUT2D eigenvalue weighted by molar-refractivity contribution is 5.84. The van der Waals surface area contributed by atoms with Crippen molar-refractivity contribution in [1.82, 2.24) is 10.2 Å². The Morgan fingerprint density at radius 2 is 2.43 bits per heavy atom. The lowest BCUT2D eigenvalue weighted by atomic mass is 9.93. The van der Waals surface area contributed by atoms with E-state index in [4.69, 9.17) is 10.5 Å². The number of carbonyl (C=O) groups is 1. The molecule has 1 atom stereocenters. The van der Waals surface area contributed by atoms with E-state index in [9.17, 15) is 4.79 Å². The molecule has 1 heterocycles. The van der Waals surface area contributed by atoms with Crippen LogP contribution in [0.1, 0.15) is 23.4 Å². The number of H-pyrrole nitrogens is 1. The van der Waals surface area contributed by atoms with E-state index in [0.717, 1.165) is 23.4 Å². The number of aryl methyl sites for hydroxylation is 2. The van der Waals surface area contributed by atoms with Gasteiger partial charge in [0, 0.05) is 11.3 Å². The van der Waals surface area contributed by atoms with Crippen molar-refractivity contribution in [2.24, 2.45) is 5.73 Å². The zero-order valence-corrected chi connectivity index (χ0v) is 8.26. The number of carbonyl (C=O) groups excluding carboxylic acids is 1. The maximum atomic E-state index is 11.6. The SMILES string of the molecule is COC(=O)C1(N)CCc2n[nH]c(C)c21. The van der Waals surface area contributed by atoms with Crippen LogP contribution in [-0.2, 0) is 21.5 Å². The Balaban J connectivity index is 2.50. The number of aromatic amines is 1. The molecule has 5 nitrogen and oxygen atoms in total. The molecule has 0 saturated carbocycles. The Morgan fingerprint density at radius 3 is 3.07 bits per heavy atom. The maximum Gasteiger partial charge on any atom is 0.330 e. The number of nitrogens with zero attached hydrogens (tertiary/aromatic N) is 1. The first-order chi connectivity index (χ1) is 6.59. The highest BCUT2D eigenvalue weighted by atomic mass is 16.5. The second-order valence-electron chi connectivity index (χ2n) is 3.63. The molecule has 0 amide bonds. The van der Waals surface area contributed by atoms with Crippen LogP contribution in [0.15, 0.2) is 0 Å². The van der Waals surface area contributed by atoms with Crippen molar-refractivity contribution in [3.63, 3.8) is 0 Å². The molecule has 14 heavy (non-hydrogen) atoms. The second-order valence-corrected chi connectivity index (χ2v) is 3.63. The van der Waals surface area contributed by atoms with Gasteiger partial charge in [-0.05, 0) is 19.8 Å². The molecule has 1 unspecified atom stereocenters. The van der Waals surface area contributed by atoms with Crippen molar-refractivity contribution in [3.8, 4) is 0 Å². The van der Waals surface area contributed by atoms with Crippen molar-refractivity contribution in [1.29, 1.82) is 0 Å². The monoisotopic (exact) mass is 195 g/mol. The first-order valence-corrected chi connectivity index (χ1v) is 4.51. The smallest absolute Gasteiger partial charge is 0.330 e. The number of fused-ring (bicyclic) bond motifs is 1. The second kappa shape index (κ2) is 2.81. The molecule has 76 valence electrons. The van der Waals surface area contributed by atoms with Gasteiger partial charge in [-0.1, -0.05) is 0 Å². The average molecular weight is 195 g/mol. The summed E-state index contributed by atoms with van der Waals surface area (Å²) in [6, 6.07) is 0. The van der Waals surface area contributed by atoms with Crippen LogP contribution in [0.5, 0.6) is 0 Å². The van der Waals surface area contributed by atoms with Gasteiger partial charge >= 0.3 is 5.97 Å². The summed E-state index contributed by atoms with van der Waals surface area (Å²) in [6.07, 6.45) is 1.30. The van der Waals surface area contributed by atoms with E-state index in [2.05, 4.69) is 10.2 Å². The van der Waals surface area contributed by atoms with E-state index in [1.54, 1.807) is 0 Å². The molecule has 1 aromatic heterocycles. The number of nitrogens with one attached hydrogen (secondary N) is 1. The molecule has 0 radical (unpaired) electrons. The number of ether oxygens (including phenoxy) is 1. The lowest BCUT2D eigenvalue weighted by molar-refractivity contribution is -0.147. The van der Waals surface area contributed by atoms with Gasteiger partial charge in [0.2, 0.25) is 0 Å². The Morgan fingerprint density at radius 1 is 1.71 bits per heavy atom. The summed E-state index contributed by atoms with van der Waals surface area (Å²) in [6.45, 7) is 1.86. The molecule has 0 spiro atoms. The quantitative estimate of drug-likeness (QED) is 0.617. The van der Waals surface area contributed by atoms with Gasteiger partial charge in [-0.15, -0.1) is 0 Å². The first kappa shape index (κ1) is 9.21. The average Bonchev–Trinajstić information content (AvgIpc) is 2.70. The van der Waals surface area contributed by atoms with Gasteiger partial charge in [0.1, 0.15) is 5.54 Å². The normalized spacial score (nSPS) is 24.8. The lowest BCUT2D eigenvalue weighted by Gasteiger charge is -2.21. The zero-order valence-electron chi connectivity index (χ0n) is 8.26. The van der Waals surface area contributed by atoms with Gasteiger partial charge < -0.3 is 10.5 Å². The number of hydrogen-bond donors (Lipinski definition) is 2. The largest absolute Gasteiger partial charge is 0.467 e. The van der Waals surface area contributed by atoms with Crippen LogP contribution < -0.4 is 5.73 Å². The fourth-order valence-corrected chi connectivity index (χ4v) is 2.08. The fourth-order valence-electron chi connectivity index (χ4n) is 2.08. The minimum atomic E-state index is -0.999. The molecule has 5 heteroatoms. The molecule has 2 rings (SSSR count). The third-order valence-corrected chi connectivity index (χ3v) is 2.77. The highest BCUT2D eigenvalue weighted by Crippen LogP contribution is 2.36. The van der Waals surface area contributed by atoms with Crippen molar-refractivity contribution in [2.75, 3.05) is 7.11 Å². The number of methoxy groups -OCH3 is 1. The number of rotatable bonds is 1. The molecule has 1 aliphatic rings. The molecule has 0 aliphatic heterocycles. The summed E-state index contributed by atoms with van der Waals surface area (Å²) < 4.78 is 4.71. The third kappa shape index (κ3) is 0.988. The van der Waals surface area contributed by atoms with Crippen LogP contribution in [0.2, 0.25) is 0 Å². The van der Waals surface area contributed by atoms with Gasteiger partial charge in [0.05, 0.1) is 12.8 Å². The molecule has 0 bridgehead atoms. The first-order valence-electron chi connectivity index (χ1n) is 4.51. The number of nitrogens with two attached hydrogens (primary N) is 1. The van der Waals surface area contributed by atoms with E-state index in [1.165, 1.54) is 7.11 Å². The lowest BCUT2D eigenvalue weighted by Crippen LogP contribution is -2.44. The Kier molecular flexibility index (Phi) is 1.85. The van der Waals surface area contributed by atoms with Crippen molar-refractivity contribution in [3.05, 3.63) is 17.0 Å². The number of aromatic nitrogens is 2. The molecule has 1 aromatic rings. The number of hydrogen-bond acceptors (Lipinski definition) is 4. The Hall–Kier alpha value is -1.36. The van der Waals surface area contributed by atoms with Crippen LogP contribution in [-0.4, -0.2) is 23.3 Å². The van der Waals surface area contributed by atoms with Crippen LogP contribution in [0.4, 0.5) is 0 Å². The van der Waals surface area contributed by atoms with Crippen LogP contribution in [0.3, 0.4) is 0 Å². The minimum absolute atomic E-state index is 0.388. The molecular formula is C9H13N3O2. The summed E-state index contributed by atoms with van der Waals surface area (Å²) in [5.74, 6) is -0.388. The predicted molar refractivity (Wildman–Crippen MR) is 49.5 cm³/mol. The van der Waals surface area contributed by atoms with Crippen LogP contribution in [0.25, 0.3) is 0 Å². The van der Waals surface area contributed by atoms with Gasteiger partial charge in [0.15, 0.2) is 0 Å². The summed E-state index contributed by atoms with van der Waals surface area (Å²) >= 11 is 0. The van der Waals surface area contributed by atoms with Gasteiger partial charge in [-0.3, -0.25) is 5.10 Å². The summed E-state index contributed by atoms with van der Waals surface area (Å²) in [7, 11) is 1.35. The van der Waals surface area contributed by atoms with E-state index in [0.29, 0.717) is 6.42 Å². The maximum absolute atomic E-state index is 11.6. The Bertz CT molecular complexity index is 385. The molecule has 1 aliphatic carbocycles. The topological polar surface area (TPSA) is 81.0 Å². The summed E-state index contributed by atoms with van der Waals surface area (Å²) in [4.78, 5) is 11.6. The molecule has 0 saturated heterocycles. The van der Waals surface area contributed by atoms with Crippen molar-refractivity contribution >= 4 is 5.97 Å². The van der Waals surface area contributed by atoms with E-state index in [1.807, 2.05) is 6.92 Å². The van der Waals surface area contributed by atoms with Crippen LogP contribution in [0, 0.1) is 6.92 Å². The van der Waals surface area contributed by atoms with Crippen molar-refractivity contribution in [2.45, 2.75) is 25.3 Å². The molecule has 0 aromatic carbocycles. The predicted octanol–water partition coefficient (Wildman–Crippen LogP) is -0.00868. The standard InChI is InChI=1S/C9H13N3O2/c1-5-7-6(12-11-5)3-4-9(7,10)8(13)14-2/h3-4,10H2,1-2H3,(H,11,12). The van der Waals surface area contributed by atoms with Crippen LogP contribution >= 0.6 is 0 Å². The summed E-state index contributed by atoms with van der Waals surface area (Å²) in [5.41, 5.74) is 7.58. The van der Waals surface area contributed by atoms with E-state index < -0.39 is 5.54 Å². The number of esters is 1. The molecule has 0 fully saturated rings. The van der Waals surface area contributed by atoms with E-state index >= 15 is 0 Å². The third-order valence-electron chi connectivity index (χ3n) is 2.77. The Labute approximate surface area is 81.6 Å².